The minimum Gasteiger partial charge on any atom is -0.480 e. The summed E-state index contributed by atoms with van der Waals surface area (Å²) in [5.41, 5.74) is 2.36. The van der Waals surface area contributed by atoms with Crippen LogP contribution in [-0.4, -0.2) is 274 Å². The van der Waals surface area contributed by atoms with E-state index < -0.39 is 116 Å². The Kier molecular flexibility index (Phi) is 62.3. The van der Waals surface area contributed by atoms with Crippen molar-refractivity contribution in [3.05, 3.63) is 140 Å². The molecule has 3 aromatic carbocycles. The summed E-state index contributed by atoms with van der Waals surface area (Å²) in [5.74, 6) is -1.94. The molecule has 0 heterocycles. The normalized spacial score (nSPS) is 11.4. The second-order valence-electron chi connectivity index (χ2n) is 21.6. The minimum absolute atomic E-state index is 0.0142. The summed E-state index contributed by atoms with van der Waals surface area (Å²) in [6, 6.07) is 14.2. The topological polar surface area (TPSA) is 658 Å². The zero-order chi connectivity index (χ0) is 86.7. The van der Waals surface area contributed by atoms with Gasteiger partial charge in [-0.1, -0.05) is 36.4 Å². The van der Waals surface area contributed by atoms with Crippen LogP contribution in [0, 0.1) is 50.6 Å². The van der Waals surface area contributed by atoms with Crippen molar-refractivity contribution < 1.29 is 156 Å². The number of aliphatic carboxylic acids is 5. The predicted molar refractivity (Wildman–Crippen MR) is 410 cm³/mol. The SMILES string of the molecule is CSCCC(NC(=O)OCCOCCO[N+](=O)[O-])C(=O)O.CSCCC(NC(=O)OCCOCCO[N+](=O)[O-])C(=O)O.CSCCC(NC(=O)Oc1ccc(CCCO[N+](=O)[O-])cc1)C(=O)O.CSCCC(NC(=O)Oc1ccc(CCO[N+](=O)[O-])cc1)C(=O)O.CSCCC(NC(=O)Oc1cccc(CCO[N+](=O)[O-])c1)C(=O)O. The molecule has 3 rings (SSSR count). The van der Waals surface area contributed by atoms with E-state index in [4.69, 9.17) is 58.7 Å². The van der Waals surface area contributed by atoms with E-state index in [0.717, 1.165) is 11.1 Å². The standard InChI is InChI=1S/C15H20N2O7S.2C14H18N2O7S.2C10H18N2O8S/c1-25-10-8-13(14(18)19)16-15(20)24-12-6-4-11(5-7-12)3-2-9-23-17(21)22;1-24-9-7-12(13(17)18)15-14(19)23-11-4-2-10(3-5-11)6-8-22-16(20)21;1-24-8-6-12(13(17)18)15-14(19)23-11-4-2-3-10(9-11)5-7-22-16(20)21;2*1-21-7-2-8(9(13)14)11-10(15)19-5-3-18-4-6-20-12(16)17/h4-7,13H,2-3,8-10H2,1H3,(H,16,20)(H,18,19);2-5,12H,6-9H2,1H3,(H,15,19)(H,17,18);2-4,9,12H,5-8H2,1H3,(H,15,19)(H,17,18);2*8H,2-7H2,1H3,(H,11,15)(H,13,14). The molecule has 646 valence electrons. The van der Waals surface area contributed by atoms with E-state index in [1.807, 2.05) is 31.3 Å². The van der Waals surface area contributed by atoms with Crippen LogP contribution < -0.4 is 40.8 Å². The summed E-state index contributed by atoms with van der Waals surface area (Å²) in [4.78, 5) is 183. The van der Waals surface area contributed by atoms with Gasteiger partial charge in [0.05, 0.1) is 33.0 Å². The Morgan fingerprint density at radius 2 is 0.600 bits per heavy atom. The number of rotatable bonds is 55. The van der Waals surface area contributed by atoms with Crippen molar-refractivity contribution in [3.8, 4) is 17.2 Å². The number of carbonyl (C=O) groups excluding carboxylic acids is 5. The molecular formula is C63H92N10O37S5. The van der Waals surface area contributed by atoms with Crippen LogP contribution in [0.3, 0.4) is 0 Å². The first kappa shape index (κ1) is 106. The third-order valence-electron chi connectivity index (χ3n) is 13.1. The molecule has 0 aliphatic carbocycles. The third-order valence-corrected chi connectivity index (χ3v) is 16.4. The molecule has 0 saturated carbocycles. The number of carboxylic acids is 5. The highest BCUT2D eigenvalue weighted by molar-refractivity contribution is 7.99. The summed E-state index contributed by atoms with van der Waals surface area (Å²) in [6.07, 6.45) is 8.06. The number of carbonyl (C=O) groups is 10. The number of amides is 5. The molecule has 3 aromatic rings. The van der Waals surface area contributed by atoms with Gasteiger partial charge < -0.3 is 109 Å². The lowest BCUT2D eigenvalue weighted by atomic mass is 10.1. The zero-order valence-electron chi connectivity index (χ0n) is 62.6. The number of ether oxygens (including phenoxy) is 7. The Morgan fingerprint density at radius 1 is 0.330 bits per heavy atom. The van der Waals surface area contributed by atoms with Crippen LogP contribution in [0.1, 0.15) is 55.2 Å². The van der Waals surface area contributed by atoms with Crippen LogP contribution in [0.4, 0.5) is 24.0 Å². The van der Waals surface area contributed by atoms with Gasteiger partial charge in [0.25, 0.3) is 25.4 Å². The Morgan fingerprint density at radius 3 is 0.904 bits per heavy atom. The largest absolute Gasteiger partial charge is 0.480 e. The van der Waals surface area contributed by atoms with Crippen LogP contribution in [0.15, 0.2) is 72.8 Å². The maximum Gasteiger partial charge on any atom is 0.413 e. The molecular weight excluding hydrogens is 1650 g/mol. The van der Waals surface area contributed by atoms with Gasteiger partial charge in [0.1, 0.15) is 87.1 Å². The van der Waals surface area contributed by atoms with Gasteiger partial charge >= 0.3 is 60.3 Å². The molecule has 5 amide bonds. The fourth-order valence-electron chi connectivity index (χ4n) is 7.71. The first-order valence-electron chi connectivity index (χ1n) is 33.4. The molecule has 0 bridgehead atoms. The highest BCUT2D eigenvalue weighted by Crippen LogP contribution is 2.18. The molecule has 0 spiro atoms. The van der Waals surface area contributed by atoms with Gasteiger partial charge in [-0.25, -0.2) is 47.9 Å². The summed E-state index contributed by atoms with van der Waals surface area (Å²) in [5, 5.41) is 102. The maximum atomic E-state index is 11.8. The minimum atomic E-state index is -1.13. The number of aryl methyl sites for hydroxylation is 1. The van der Waals surface area contributed by atoms with E-state index in [0.29, 0.717) is 79.3 Å². The van der Waals surface area contributed by atoms with Gasteiger partial charge in [-0.05, 0) is 171 Å². The molecule has 5 unspecified atom stereocenters. The summed E-state index contributed by atoms with van der Waals surface area (Å²) < 4.78 is 34.3. The first-order valence-corrected chi connectivity index (χ1v) is 40.4. The Labute approximate surface area is 676 Å². The third kappa shape index (κ3) is 62.2. The number of nitrogens with zero attached hydrogens (tertiary/aromatic N) is 5. The number of hydrogen-bond donors (Lipinski definition) is 10. The maximum absolute atomic E-state index is 11.8. The lowest BCUT2D eigenvalue weighted by Crippen LogP contribution is -2.42. The lowest BCUT2D eigenvalue weighted by molar-refractivity contribution is -0.758. The number of thioether (sulfide) groups is 5. The van der Waals surface area contributed by atoms with E-state index in [2.05, 4.69) is 50.8 Å². The number of carboxylic acid groups (broad SMARTS) is 5. The Hall–Kier alpha value is -11.0. The second-order valence-corrected chi connectivity index (χ2v) is 26.5. The molecule has 115 heavy (non-hydrogen) atoms. The van der Waals surface area contributed by atoms with Gasteiger partial charge in [-0.2, -0.15) is 58.8 Å². The van der Waals surface area contributed by atoms with E-state index in [1.54, 1.807) is 48.5 Å². The van der Waals surface area contributed by atoms with Crippen LogP contribution in [0.2, 0.25) is 0 Å². The zero-order valence-corrected chi connectivity index (χ0v) is 66.7. The summed E-state index contributed by atoms with van der Waals surface area (Å²) >= 11 is 7.38. The fraction of sp³-hybridized carbons (Fsp3) is 0.556. The average molecular weight is 1740 g/mol. The van der Waals surface area contributed by atoms with Crippen molar-refractivity contribution in [3.63, 3.8) is 0 Å². The van der Waals surface area contributed by atoms with Gasteiger partial charge in [0, 0.05) is 0 Å². The first-order chi connectivity index (χ1) is 54.7. The van der Waals surface area contributed by atoms with Crippen LogP contribution in [0.25, 0.3) is 0 Å². The molecule has 0 saturated heterocycles. The molecule has 0 aliphatic rings. The van der Waals surface area contributed by atoms with Gasteiger partial charge in [-0.3, -0.25) is 0 Å². The van der Waals surface area contributed by atoms with E-state index in [1.165, 1.54) is 83.1 Å². The summed E-state index contributed by atoms with van der Waals surface area (Å²) in [7, 11) is 0. The van der Waals surface area contributed by atoms with Crippen molar-refractivity contribution in [1.29, 1.82) is 0 Å². The second kappa shape index (κ2) is 67.5. The van der Waals surface area contributed by atoms with Crippen molar-refractivity contribution in [2.75, 3.05) is 133 Å². The van der Waals surface area contributed by atoms with E-state index in [-0.39, 0.29) is 103 Å². The predicted octanol–water partition coefficient (Wildman–Crippen LogP) is 5.87. The van der Waals surface area contributed by atoms with Crippen molar-refractivity contribution in [1.82, 2.24) is 26.6 Å². The molecule has 0 aliphatic heterocycles. The smallest absolute Gasteiger partial charge is 0.413 e. The lowest BCUT2D eigenvalue weighted by Gasteiger charge is -2.14. The number of nitrogens with one attached hydrogen (secondary N) is 5. The molecule has 10 N–H and O–H groups in total. The molecule has 0 radical (unpaired) electrons. The quantitative estimate of drug-likeness (QED) is 0.0179. The van der Waals surface area contributed by atoms with Gasteiger partial charge in [0.15, 0.2) is 0 Å². The average Bonchev–Trinajstić information content (AvgIpc) is 0.893. The van der Waals surface area contributed by atoms with Crippen LogP contribution in [0.5, 0.6) is 17.2 Å². The van der Waals surface area contributed by atoms with E-state index >= 15 is 0 Å². The van der Waals surface area contributed by atoms with Crippen molar-refractivity contribution in [2.45, 2.75) is 88.0 Å². The van der Waals surface area contributed by atoms with Crippen LogP contribution in [-0.2, 0) is 86.4 Å². The highest BCUT2D eigenvalue weighted by atomic mass is 32.2. The molecule has 0 aromatic heterocycles. The van der Waals surface area contributed by atoms with Crippen molar-refractivity contribution >= 4 is 119 Å². The number of benzene rings is 3. The fourth-order valence-corrected chi connectivity index (χ4v) is 10.1. The van der Waals surface area contributed by atoms with Gasteiger partial charge in [0.2, 0.25) is 0 Å². The number of hydrogen-bond acceptors (Lipinski definition) is 37. The molecule has 5 atom stereocenters. The Bertz CT molecular complexity index is 3340. The van der Waals surface area contributed by atoms with Crippen LogP contribution >= 0.6 is 58.8 Å². The Balaban J connectivity index is 0. The molecule has 47 nitrogen and oxygen atoms in total. The highest BCUT2D eigenvalue weighted by Gasteiger charge is 2.25. The monoisotopic (exact) mass is 1740 g/mol. The number of alkyl carbamates (subject to hydrolysis) is 2. The van der Waals surface area contributed by atoms with E-state index in [9.17, 15) is 98.5 Å². The van der Waals surface area contributed by atoms with Crippen molar-refractivity contribution in [2.24, 2.45) is 0 Å². The summed E-state index contributed by atoms with van der Waals surface area (Å²) in [6.45, 7) is -0.770. The molecule has 0 fully saturated rings. The van der Waals surface area contributed by atoms with Gasteiger partial charge in [-0.15, -0.1) is 50.6 Å². The molecule has 52 heteroatoms.